The van der Waals surface area contributed by atoms with E-state index in [1.165, 1.54) is 10.8 Å². The first-order chi connectivity index (χ1) is 10.3. The average molecular weight is 347 g/mol. The highest BCUT2D eigenvalue weighted by atomic mass is 32.2. The van der Waals surface area contributed by atoms with Crippen LogP contribution in [0.5, 0.6) is 0 Å². The van der Waals surface area contributed by atoms with Gasteiger partial charge in [0.2, 0.25) is 10.0 Å². The third kappa shape index (κ3) is 2.57. The van der Waals surface area contributed by atoms with Crippen LogP contribution in [0, 0.1) is 6.92 Å². The van der Waals surface area contributed by atoms with Crippen molar-refractivity contribution < 1.29 is 17.2 Å². The van der Waals surface area contributed by atoms with E-state index in [-0.39, 0.29) is 4.90 Å². The van der Waals surface area contributed by atoms with Crippen LogP contribution in [0.2, 0.25) is 0 Å². The van der Waals surface area contributed by atoms with Crippen LogP contribution in [-0.2, 0) is 15.6 Å². The first kappa shape index (κ1) is 15.6. The smallest absolute Gasteiger partial charge is 0.265 e. The topological polar surface area (TPSA) is 74.8 Å². The molecule has 0 aliphatic heterocycles. The van der Waals surface area contributed by atoms with Crippen LogP contribution in [0.25, 0.3) is 0 Å². The molecule has 0 unspecified atom stereocenters. The molecule has 0 spiro atoms. The lowest BCUT2D eigenvalue weighted by molar-refractivity contribution is 0.148. The summed E-state index contributed by atoms with van der Waals surface area (Å²) in [7, 11) is -4.03. The molecule has 0 bridgehead atoms. The van der Waals surface area contributed by atoms with Gasteiger partial charge in [0.05, 0.1) is 5.54 Å². The van der Waals surface area contributed by atoms with Gasteiger partial charge in [-0.1, -0.05) is 0 Å². The van der Waals surface area contributed by atoms with Crippen molar-refractivity contribution in [2.75, 3.05) is 0 Å². The lowest BCUT2D eigenvalue weighted by atomic mass is 9.77. The molecule has 2 N–H and O–H groups in total. The van der Waals surface area contributed by atoms with E-state index in [1.54, 1.807) is 6.20 Å². The molecule has 0 radical (unpaired) electrons. The SMILES string of the molecule is Cc1cnc(C2(NS(=O)(=O)c3cscc3C(F)F)CCC2)[nH]1. The van der Waals surface area contributed by atoms with Crippen molar-refractivity contribution in [2.24, 2.45) is 0 Å². The molecule has 3 rings (SSSR count). The van der Waals surface area contributed by atoms with Gasteiger partial charge in [0, 0.05) is 28.2 Å². The average Bonchev–Trinajstić information content (AvgIpc) is 3.02. The maximum absolute atomic E-state index is 12.9. The van der Waals surface area contributed by atoms with Gasteiger partial charge in [-0.2, -0.15) is 16.1 Å². The molecule has 1 aliphatic rings. The molecule has 1 aliphatic carbocycles. The lowest BCUT2D eigenvalue weighted by Gasteiger charge is -2.40. The van der Waals surface area contributed by atoms with E-state index < -0.39 is 27.6 Å². The number of thiophene rings is 1. The summed E-state index contributed by atoms with van der Waals surface area (Å²) in [5.74, 6) is 0.536. The van der Waals surface area contributed by atoms with Gasteiger partial charge >= 0.3 is 0 Å². The molecule has 5 nitrogen and oxygen atoms in total. The minimum Gasteiger partial charge on any atom is -0.345 e. The highest BCUT2D eigenvalue weighted by molar-refractivity contribution is 7.89. The number of aryl methyl sites for hydroxylation is 1. The largest absolute Gasteiger partial charge is 0.345 e. The number of rotatable bonds is 5. The summed E-state index contributed by atoms with van der Waals surface area (Å²) in [6.07, 6.45) is 0.841. The summed E-state index contributed by atoms with van der Waals surface area (Å²) >= 11 is 0.950. The third-order valence-electron chi connectivity index (χ3n) is 3.87. The van der Waals surface area contributed by atoms with Gasteiger partial charge in [0.15, 0.2) is 0 Å². The highest BCUT2D eigenvalue weighted by Gasteiger charge is 2.45. The molecule has 9 heteroatoms. The Hall–Kier alpha value is -1.32. The maximum Gasteiger partial charge on any atom is 0.265 e. The molecular formula is C13H15F2N3O2S2. The van der Waals surface area contributed by atoms with Crippen molar-refractivity contribution >= 4 is 21.4 Å². The first-order valence-electron chi connectivity index (χ1n) is 6.74. The number of hydrogen-bond donors (Lipinski definition) is 2. The van der Waals surface area contributed by atoms with Gasteiger partial charge in [-0.05, 0) is 26.2 Å². The zero-order valence-corrected chi connectivity index (χ0v) is 13.4. The number of aromatic amines is 1. The highest BCUT2D eigenvalue weighted by Crippen LogP contribution is 2.42. The van der Waals surface area contributed by atoms with Crippen molar-refractivity contribution in [2.45, 2.75) is 43.0 Å². The minimum atomic E-state index is -4.03. The summed E-state index contributed by atoms with van der Waals surface area (Å²) in [4.78, 5) is 6.90. The zero-order chi connectivity index (χ0) is 16.0. The Morgan fingerprint density at radius 2 is 2.14 bits per heavy atom. The summed E-state index contributed by atoms with van der Waals surface area (Å²) in [5, 5.41) is 2.41. The van der Waals surface area contributed by atoms with E-state index in [4.69, 9.17) is 0 Å². The van der Waals surface area contributed by atoms with Crippen LogP contribution in [0.3, 0.4) is 0 Å². The fraction of sp³-hybridized carbons (Fsp3) is 0.462. The van der Waals surface area contributed by atoms with Gasteiger partial charge in [0.1, 0.15) is 10.7 Å². The Balaban J connectivity index is 1.95. The van der Waals surface area contributed by atoms with Gasteiger partial charge in [-0.3, -0.25) is 0 Å². The van der Waals surface area contributed by atoms with Crippen molar-refractivity contribution in [3.8, 4) is 0 Å². The third-order valence-corrected chi connectivity index (χ3v) is 6.38. The van der Waals surface area contributed by atoms with Crippen LogP contribution < -0.4 is 4.72 Å². The predicted octanol–water partition coefficient (Wildman–Crippen LogP) is 3.07. The maximum atomic E-state index is 12.9. The van der Waals surface area contributed by atoms with E-state index in [9.17, 15) is 17.2 Å². The number of aromatic nitrogens is 2. The fourth-order valence-corrected chi connectivity index (χ4v) is 5.39. The Labute approximate surface area is 130 Å². The van der Waals surface area contributed by atoms with Gasteiger partial charge in [-0.15, -0.1) is 0 Å². The van der Waals surface area contributed by atoms with E-state index in [2.05, 4.69) is 14.7 Å². The van der Waals surface area contributed by atoms with E-state index in [0.29, 0.717) is 18.7 Å². The number of nitrogens with zero attached hydrogens (tertiary/aromatic N) is 1. The van der Waals surface area contributed by atoms with E-state index in [0.717, 1.165) is 23.5 Å². The quantitative estimate of drug-likeness (QED) is 0.873. The van der Waals surface area contributed by atoms with E-state index >= 15 is 0 Å². The summed E-state index contributed by atoms with van der Waals surface area (Å²) in [5.41, 5.74) is -0.458. The zero-order valence-electron chi connectivity index (χ0n) is 11.8. The number of hydrogen-bond acceptors (Lipinski definition) is 4. The first-order valence-corrected chi connectivity index (χ1v) is 9.17. The molecule has 0 aromatic carbocycles. The van der Waals surface area contributed by atoms with E-state index in [1.807, 2.05) is 6.92 Å². The molecule has 1 fully saturated rings. The molecule has 2 aromatic rings. The molecule has 1 saturated carbocycles. The van der Waals surface area contributed by atoms with Crippen LogP contribution in [0.15, 0.2) is 21.9 Å². The molecule has 2 aromatic heterocycles. The van der Waals surface area contributed by atoms with Crippen molar-refractivity contribution in [1.82, 2.24) is 14.7 Å². The Morgan fingerprint density at radius 1 is 1.41 bits per heavy atom. The number of nitrogens with one attached hydrogen (secondary N) is 2. The Kier molecular flexibility index (Phi) is 3.82. The molecular weight excluding hydrogens is 332 g/mol. The van der Waals surface area contributed by atoms with Gasteiger partial charge in [0.25, 0.3) is 6.43 Å². The summed E-state index contributed by atoms with van der Waals surface area (Å²) < 4.78 is 53.5. The second kappa shape index (κ2) is 5.39. The standard InChI is InChI=1S/C13H15F2N3O2S2/c1-8-5-16-12(17-8)13(3-2-4-13)18-22(19,20)10-7-21-6-9(10)11(14)15/h5-7,11,18H,2-4H2,1H3,(H,16,17). The second-order valence-corrected chi connectivity index (χ2v) is 7.84. The minimum absolute atomic E-state index is 0.345. The molecule has 0 atom stereocenters. The Bertz CT molecular complexity index is 779. The summed E-state index contributed by atoms with van der Waals surface area (Å²) in [6, 6.07) is 0. The number of sulfonamides is 1. The number of imidazole rings is 1. The van der Waals surface area contributed by atoms with Crippen molar-refractivity contribution in [1.29, 1.82) is 0 Å². The van der Waals surface area contributed by atoms with Crippen LogP contribution >= 0.6 is 11.3 Å². The van der Waals surface area contributed by atoms with Crippen molar-refractivity contribution in [3.63, 3.8) is 0 Å². The van der Waals surface area contributed by atoms with Crippen LogP contribution in [0.4, 0.5) is 8.78 Å². The second-order valence-electron chi connectivity index (χ2n) is 5.45. The van der Waals surface area contributed by atoms with Gasteiger partial charge < -0.3 is 4.98 Å². The van der Waals surface area contributed by atoms with Crippen molar-refractivity contribution in [3.05, 3.63) is 34.0 Å². The number of alkyl halides is 2. The molecule has 120 valence electrons. The molecule has 2 heterocycles. The molecule has 0 saturated heterocycles. The lowest BCUT2D eigenvalue weighted by Crippen LogP contribution is -2.51. The normalized spacial score (nSPS) is 17.6. The number of H-pyrrole nitrogens is 1. The van der Waals surface area contributed by atoms with Gasteiger partial charge in [-0.25, -0.2) is 22.2 Å². The fourth-order valence-electron chi connectivity index (χ4n) is 2.56. The number of halogens is 2. The predicted molar refractivity (Wildman–Crippen MR) is 78.5 cm³/mol. The Morgan fingerprint density at radius 3 is 2.64 bits per heavy atom. The monoisotopic (exact) mass is 347 g/mol. The van der Waals surface area contributed by atoms with Crippen LogP contribution in [0.1, 0.15) is 42.8 Å². The molecule has 0 amide bonds. The van der Waals surface area contributed by atoms with Crippen LogP contribution in [-0.4, -0.2) is 18.4 Å². The summed E-state index contributed by atoms with van der Waals surface area (Å²) in [6.45, 7) is 1.82. The molecule has 22 heavy (non-hydrogen) atoms.